The highest BCUT2D eigenvalue weighted by Crippen LogP contribution is 2.07. The lowest BCUT2D eigenvalue weighted by molar-refractivity contribution is -0.820. The summed E-state index contributed by atoms with van der Waals surface area (Å²) in [4.78, 5) is 0. The Morgan fingerprint density at radius 1 is 1.27 bits per heavy atom. The molecule has 0 radical (unpaired) electrons. The highest BCUT2D eigenvalue weighted by Gasteiger charge is 2.27. The maximum absolute atomic E-state index is 9.56. The Hall–Kier alpha value is -0.790. The Morgan fingerprint density at radius 3 is 1.73 bits per heavy atom. The molecule has 2 nitrogen and oxygen atoms in total. The van der Waals surface area contributed by atoms with E-state index in [4.69, 9.17) is 0 Å². The number of hydrogen-bond acceptors (Lipinski definition) is 1. The van der Waals surface area contributed by atoms with Gasteiger partial charge in [0.2, 0.25) is 11.3 Å². The molecule has 0 amide bonds. The smallest absolute Gasteiger partial charge is 0.227 e. The fourth-order valence-corrected chi connectivity index (χ4v) is 0.684. The van der Waals surface area contributed by atoms with Gasteiger partial charge in [0.15, 0.2) is 0 Å². The molecule has 11 heavy (non-hydrogen) atoms. The highest BCUT2D eigenvalue weighted by molar-refractivity contribution is 5.92. The predicted molar refractivity (Wildman–Crippen MR) is 47.3 cm³/mol. The lowest BCUT2D eigenvalue weighted by Crippen LogP contribution is -2.34. The van der Waals surface area contributed by atoms with E-state index >= 15 is 0 Å². The van der Waals surface area contributed by atoms with Crippen LogP contribution >= 0.6 is 0 Å². The van der Waals surface area contributed by atoms with Gasteiger partial charge in [-0.3, -0.25) is 5.21 Å². The Balaban J connectivity index is 4.82. The Bertz CT molecular complexity index is 196. The van der Waals surface area contributed by atoms with Crippen LogP contribution in [0.5, 0.6) is 0 Å². The number of allylic oxidation sites excluding steroid dienone is 1. The molecule has 0 rings (SSSR count). The molecule has 0 aromatic rings. The minimum atomic E-state index is -0.247. The highest BCUT2D eigenvalue weighted by atomic mass is 16.5. The molecule has 0 saturated carbocycles. The van der Waals surface area contributed by atoms with Crippen molar-refractivity contribution < 1.29 is 9.95 Å². The summed E-state index contributed by atoms with van der Waals surface area (Å²) in [5, 5.41) is 9.56. The van der Waals surface area contributed by atoms with Gasteiger partial charge in [-0.15, -0.1) is 0 Å². The van der Waals surface area contributed by atoms with Crippen molar-refractivity contribution in [1.29, 1.82) is 0 Å². The quantitative estimate of drug-likeness (QED) is 0.267. The van der Waals surface area contributed by atoms with E-state index < -0.39 is 0 Å². The van der Waals surface area contributed by atoms with Crippen LogP contribution in [0.1, 0.15) is 34.6 Å². The SMILES string of the molecule is C=C(C)/C(C)=[N+](\O)C(C)(C)C. The van der Waals surface area contributed by atoms with Crippen LogP contribution in [0.15, 0.2) is 12.2 Å². The standard InChI is InChI=1S/C9H18NO/c1-7(2)8(3)10(11)9(4,5)6/h11H,1H2,2-6H3/q+1/b10-8-. The minimum absolute atomic E-state index is 0.247. The lowest BCUT2D eigenvalue weighted by atomic mass is 10.1. The predicted octanol–water partition coefficient (Wildman–Crippen LogP) is 2.22. The maximum atomic E-state index is 9.56. The topological polar surface area (TPSA) is 23.2 Å². The van der Waals surface area contributed by atoms with Crippen molar-refractivity contribution in [2.75, 3.05) is 0 Å². The van der Waals surface area contributed by atoms with Crippen LogP contribution in [0.2, 0.25) is 0 Å². The fourth-order valence-electron chi connectivity index (χ4n) is 0.684. The van der Waals surface area contributed by atoms with E-state index in [0.717, 1.165) is 11.3 Å². The molecule has 0 aromatic heterocycles. The van der Waals surface area contributed by atoms with Gasteiger partial charge in [-0.1, -0.05) is 6.58 Å². The average molecular weight is 156 g/mol. The van der Waals surface area contributed by atoms with E-state index in [1.54, 1.807) is 0 Å². The third-order valence-electron chi connectivity index (χ3n) is 1.57. The van der Waals surface area contributed by atoms with Gasteiger partial charge in [0, 0.05) is 33.3 Å². The summed E-state index contributed by atoms with van der Waals surface area (Å²) in [5.41, 5.74) is 1.46. The maximum Gasteiger partial charge on any atom is 0.227 e. The van der Waals surface area contributed by atoms with Gasteiger partial charge in [-0.25, -0.2) is 0 Å². The zero-order valence-electron chi connectivity index (χ0n) is 8.10. The Labute approximate surface area is 68.8 Å². The molecule has 0 aliphatic rings. The molecular formula is C9H18NO+. The van der Waals surface area contributed by atoms with E-state index in [2.05, 4.69) is 6.58 Å². The first-order valence-corrected chi connectivity index (χ1v) is 3.75. The molecule has 0 fully saturated rings. The van der Waals surface area contributed by atoms with Crippen LogP contribution in [0.4, 0.5) is 0 Å². The average Bonchev–Trinajstić information content (AvgIpc) is 1.82. The first kappa shape index (κ1) is 10.2. The lowest BCUT2D eigenvalue weighted by Gasteiger charge is -2.11. The summed E-state index contributed by atoms with van der Waals surface area (Å²) < 4.78 is 1.25. The summed E-state index contributed by atoms with van der Waals surface area (Å²) >= 11 is 0. The normalized spacial score (nSPS) is 14.3. The van der Waals surface area contributed by atoms with E-state index in [0.29, 0.717) is 0 Å². The summed E-state index contributed by atoms with van der Waals surface area (Å²) in [6.07, 6.45) is 0. The van der Waals surface area contributed by atoms with Gasteiger partial charge < -0.3 is 0 Å². The van der Waals surface area contributed by atoms with Crippen LogP contribution in [0, 0.1) is 0 Å². The van der Waals surface area contributed by atoms with Crippen LogP contribution in [-0.2, 0) is 0 Å². The molecule has 0 aliphatic carbocycles. The molecule has 0 aliphatic heterocycles. The molecule has 0 unspecified atom stereocenters. The number of rotatable bonds is 1. The molecule has 1 N–H and O–H groups in total. The molecule has 2 heteroatoms. The summed E-state index contributed by atoms with van der Waals surface area (Å²) in [6.45, 7) is 13.3. The third-order valence-corrected chi connectivity index (χ3v) is 1.57. The van der Waals surface area contributed by atoms with Gasteiger partial charge in [0.05, 0.1) is 0 Å². The minimum Gasteiger partial charge on any atom is -0.290 e. The number of hydroxylamine groups is 1. The van der Waals surface area contributed by atoms with E-state index in [9.17, 15) is 5.21 Å². The van der Waals surface area contributed by atoms with E-state index in [1.165, 1.54) is 4.74 Å². The largest absolute Gasteiger partial charge is 0.290 e. The van der Waals surface area contributed by atoms with Crippen molar-refractivity contribution in [3.63, 3.8) is 0 Å². The van der Waals surface area contributed by atoms with E-state index in [1.807, 2.05) is 34.6 Å². The Kier molecular flexibility index (Phi) is 2.85. The molecule has 0 aromatic carbocycles. The van der Waals surface area contributed by atoms with Crippen LogP contribution in [-0.4, -0.2) is 21.2 Å². The summed E-state index contributed by atoms with van der Waals surface area (Å²) in [6, 6.07) is 0. The second-order valence-electron chi connectivity index (χ2n) is 3.85. The van der Waals surface area contributed by atoms with Crippen molar-refractivity contribution >= 4 is 5.71 Å². The fraction of sp³-hybridized carbons (Fsp3) is 0.667. The molecule has 0 saturated heterocycles. The second kappa shape index (κ2) is 3.07. The molecule has 0 spiro atoms. The number of hydrogen-bond donors (Lipinski definition) is 1. The van der Waals surface area contributed by atoms with Crippen molar-refractivity contribution in [2.24, 2.45) is 0 Å². The third kappa shape index (κ3) is 2.74. The van der Waals surface area contributed by atoms with Gasteiger partial charge in [0.1, 0.15) is 0 Å². The van der Waals surface area contributed by atoms with Gasteiger partial charge in [-0.05, 0) is 11.7 Å². The number of nitrogens with zero attached hydrogens (tertiary/aromatic N) is 1. The van der Waals surface area contributed by atoms with Crippen LogP contribution in [0.3, 0.4) is 0 Å². The molecule has 0 bridgehead atoms. The van der Waals surface area contributed by atoms with Gasteiger partial charge in [-0.2, -0.15) is 0 Å². The van der Waals surface area contributed by atoms with Gasteiger partial charge in [0.25, 0.3) is 0 Å². The monoisotopic (exact) mass is 156 g/mol. The van der Waals surface area contributed by atoms with E-state index in [-0.39, 0.29) is 5.54 Å². The van der Waals surface area contributed by atoms with Gasteiger partial charge >= 0.3 is 0 Å². The molecule has 0 heterocycles. The van der Waals surface area contributed by atoms with Crippen molar-refractivity contribution in [3.05, 3.63) is 12.2 Å². The first-order valence-electron chi connectivity index (χ1n) is 3.75. The van der Waals surface area contributed by atoms with Crippen LogP contribution in [0.25, 0.3) is 0 Å². The second-order valence-corrected chi connectivity index (χ2v) is 3.85. The van der Waals surface area contributed by atoms with Crippen molar-refractivity contribution in [1.82, 2.24) is 0 Å². The summed E-state index contributed by atoms with van der Waals surface area (Å²) in [5.74, 6) is 0. The molecule has 64 valence electrons. The van der Waals surface area contributed by atoms with Crippen LogP contribution < -0.4 is 0 Å². The molecular weight excluding hydrogens is 138 g/mol. The zero-order chi connectivity index (χ0) is 9.23. The zero-order valence-corrected chi connectivity index (χ0v) is 8.10. The van der Waals surface area contributed by atoms with Crippen molar-refractivity contribution in [3.8, 4) is 0 Å². The Morgan fingerprint density at radius 2 is 1.64 bits per heavy atom. The molecule has 0 atom stereocenters. The van der Waals surface area contributed by atoms with Crippen molar-refractivity contribution in [2.45, 2.75) is 40.2 Å². The first-order chi connectivity index (χ1) is 4.76. The summed E-state index contributed by atoms with van der Waals surface area (Å²) in [7, 11) is 0.